The first-order chi connectivity index (χ1) is 5.15. The lowest BCUT2D eigenvalue weighted by molar-refractivity contribution is -0.311. The minimum atomic E-state index is -1.12. The molecule has 1 atom stereocenters. The molecule has 62 valence electrons. The summed E-state index contributed by atoms with van der Waals surface area (Å²) in [4.78, 5) is 22.8. The van der Waals surface area contributed by atoms with Gasteiger partial charge in [0.05, 0.1) is 0 Å². The molecule has 1 heterocycles. The highest BCUT2D eigenvalue weighted by atomic mass is 16.4. The van der Waals surface area contributed by atoms with Crippen LogP contribution in [-0.2, 0) is 9.59 Å². The number of likely N-dealkylation sites (tertiary alicyclic amines) is 1. The van der Waals surface area contributed by atoms with Gasteiger partial charge in [0.1, 0.15) is 0 Å². The molecule has 1 saturated heterocycles. The number of hydrogen-bond acceptors (Lipinski definition) is 3. The second-order valence-corrected chi connectivity index (χ2v) is 2.65. The summed E-state index contributed by atoms with van der Waals surface area (Å²) in [7, 11) is 0. The molecule has 0 aromatic heterocycles. The molecule has 0 N–H and O–H groups in total. The average Bonchev–Trinajstić information content (AvgIpc) is 2.31. The van der Waals surface area contributed by atoms with Crippen LogP contribution in [0.4, 0.5) is 0 Å². The van der Waals surface area contributed by atoms with Crippen LogP contribution in [0.2, 0.25) is 0 Å². The number of nitrogens with zero attached hydrogens (tertiary/aromatic N) is 1. The molecule has 0 saturated carbocycles. The predicted octanol–water partition coefficient (Wildman–Crippen LogP) is -1.40. The first kappa shape index (κ1) is 8.04. The van der Waals surface area contributed by atoms with E-state index in [1.54, 1.807) is 0 Å². The highest BCUT2D eigenvalue weighted by molar-refractivity contribution is 5.85. The van der Waals surface area contributed by atoms with Crippen LogP contribution in [-0.4, -0.2) is 29.9 Å². The number of rotatable bonds is 2. The van der Waals surface area contributed by atoms with Crippen LogP contribution < -0.4 is 5.11 Å². The third-order valence-electron chi connectivity index (χ3n) is 1.93. The van der Waals surface area contributed by atoms with Crippen LogP contribution >= 0.6 is 0 Å². The Hall–Kier alpha value is -1.06. The lowest BCUT2D eigenvalue weighted by Gasteiger charge is -2.13. The summed E-state index contributed by atoms with van der Waals surface area (Å²) >= 11 is 0. The monoisotopic (exact) mass is 156 g/mol. The molecule has 0 spiro atoms. The molecular weight excluding hydrogens is 146 g/mol. The summed E-state index contributed by atoms with van der Waals surface area (Å²) in [5, 5.41) is 10.3. The van der Waals surface area contributed by atoms with Gasteiger partial charge in [0, 0.05) is 31.4 Å². The van der Waals surface area contributed by atoms with E-state index in [0.29, 0.717) is 13.1 Å². The summed E-state index contributed by atoms with van der Waals surface area (Å²) < 4.78 is 0. The minimum Gasteiger partial charge on any atom is -0.550 e. The number of carboxylic acids is 1. The van der Waals surface area contributed by atoms with E-state index < -0.39 is 11.9 Å². The summed E-state index contributed by atoms with van der Waals surface area (Å²) in [6.07, 6.45) is 0.107. The Morgan fingerprint density at radius 1 is 1.82 bits per heavy atom. The molecule has 4 heteroatoms. The molecule has 1 aliphatic heterocycles. The van der Waals surface area contributed by atoms with Crippen molar-refractivity contribution in [1.29, 1.82) is 0 Å². The third-order valence-corrected chi connectivity index (χ3v) is 1.93. The average molecular weight is 156 g/mol. The standard InChI is InChI=1S/C7H11NO3/c1-2-8-4-5(7(10)11)3-6(8)9/h5H,2-4H2,1H3,(H,10,11)/p-1/t5-/m1/s1. The number of amides is 1. The highest BCUT2D eigenvalue weighted by Gasteiger charge is 2.28. The second kappa shape index (κ2) is 2.90. The summed E-state index contributed by atoms with van der Waals surface area (Å²) in [5.41, 5.74) is 0. The zero-order valence-corrected chi connectivity index (χ0v) is 6.37. The van der Waals surface area contributed by atoms with Crippen molar-refractivity contribution in [2.24, 2.45) is 5.92 Å². The fourth-order valence-corrected chi connectivity index (χ4v) is 1.24. The van der Waals surface area contributed by atoms with Crippen molar-refractivity contribution >= 4 is 11.9 Å². The van der Waals surface area contributed by atoms with E-state index in [2.05, 4.69) is 0 Å². The molecule has 11 heavy (non-hydrogen) atoms. The zero-order valence-electron chi connectivity index (χ0n) is 6.37. The Bertz CT molecular complexity index is 190. The Balaban J connectivity index is 2.56. The number of carbonyl (C=O) groups is 2. The quantitative estimate of drug-likeness (QED) is 0.494. The van der Waals surface area contributed by atoms with Gasteiger partial charge in [0.15, 0.2) is 0 Å². The van der Waals surface area contributed by atoms with Gasteiger partial charge in [-0.3, -0.25) is 4.79 Å². The van der Waals surface area contributed by atoms with E-state index in [1.165, 1.54) is 4.90 Å². The molecule has 0 unspecified atom stereocenters. The molecular formula is C7H10NO3-. The van der Waals surface area contributed by atoms with Crippen molar-refractivity contribution in [1.82, 2.24) is 4.90 Å². The van der Waals surface area contributed by atoms with Crippen molar-refractivity contribution in [3.8, 4) is 0 Å². The van der Waals surface area contributed by atoms with Gasteiger partial charge in [0.2, 0.25) is 5.91 Å². The fourth-order valence-electron chi connectivity index (χ4n) is 1.24. The van der Waals surface area contributed by atoms with Crippen molar-refractivity contribution in [3.05, 3.63) is 0 Å². The topological polar surface area (TPSA) is 60.4 Å². The smallest absolute Gasteiger partial charge is 0.223 e. The van der Waals surface area contributed by atoms with Gasteiger partial charge in [-0.25, -0.2) is 0 Å². The second-order valence-electron chi connectivity index (χ2n) is 2.65. The maximum absolute atomic E-state index is 11.0. The first-order valence-corrected chi connectivity index (χ1v) is 3.63. The van der Waals surface area contributed by atoms with Crippen LogP contribution in [0.25, 0.3) is 0 Å². The Morgan fingerprint density at radius 2 is 2.45 bits per heavy atom. The van der Waals surface area contributed by atoms with E-state index in [-0.39, 0.29) is 12.3 Å². The normalized spacial score (nSPS) is 24.3. The van der Waals surface area contributed by atoms with Crippen molar-refractivity contribution in [2.45, 2.75) is 13.3 Å². The summed E-state index contributed by atoms with van der Waals surface area (Å²) in [6, 6.07) is 0. The van der Waals surface area contributed by atoms with Crippen LogP contribution in [0.5, 0.6) is 0 Å². The minimum absolute atomic E-state index is 0.0818. The van der Waals surface area contributed by atoms with E-state index >= 15 is 0 Å². The number of aliphatic carboxylic acids is 1. The molecule has 1 rings (SSSR count). The van der Waals surface area contributed by atoms with Crippen molar-refractivity contribution < 1.29 is 14.7 Å². The Labute approximate surface area is 64.8 Å². The van der Waals surface area contributed by atoms with E-state index in [0.717, 1.165) is 0 Å². The molecule has 0 aliphatic carbocycles. The molecule has 0 aromatic carbocycles. The van der Waals surface area contributed by atoms with Gasteiger partial charge in [0.25, 0.3) is 0 Å². The molecule has 0 radical (unpaired) electrons. The lowest BCUT2D eigenvalue weighted by atomic mass is 10.1. The van der Waals surface area contributed by atoms with Crippen molar-refractivity contribution in [3.63, 3.8) is 0 Å². The first-order valence-electron chi connectivity index (χ1n) is 3.63. The van der Waals surface area contributed by atoms with Gasteiger partial charge < -0.3 is 14.8 Å². The lowest BCUT2D eigenvalue weighted by Crippen LogP contribution is -2.33. The van der Waals surface area contributed by atoms with E-state index in [1.807, 2.05) is 6.92 Å². The number of carboxylic acid groups (broad SMARTS) is 1. The summed E-state index contributed by atoms with van der Waals surface area (Å²) in [5.74, 6) is -1.79. The van der Waals surface area contributed by atoms with E-state index in [9.17, 15) is 14.7 Å². The fraction of sp³-hybridized carbons (Fsp3) is 0.714. The maximum atomic E-state index is 11.0. The Kier molecular flexibility index (Phi) is 2.12. The summed E-state index contributed by atoms with van der Waals surface area (Å²) in [6.45, 7) is 2.73. The van der Waals surface area contributed by atoms with Crippen molar-refractivity contribution in [2.75, 3.05) is 13.1 Å². The highest BCUT2D eigenvalue weighted by Crippen LogP contribution is 2.15. The van der Waals surface area contributed by atoms with Gasteiger partial charge in [-0.2, -0.15) is 0 Å². The molecule has 1 amide bonds. The van der Waals surface area contributed by atoms with Gasteiger partial charge >= 0.3 is 0 Å². The van der Waals surface area contributed by atoms with Gasteiger partial charge in [-0.05, 0) is 6.92 Å². The molecule has 1 fully saturated rings. The maximum Gasteiger partial charge on any atom is 0.223 e. The van der Waals surface area contributed by atoms with Crippen LogP contribution in [0.1, 0.15) is 13.3 Å². The number of hydrogen-bond donors (Lipinski definition) is 0. The van der Waals surface area contributed by atoms with Crippen LogP contribution in [0.3, 0.4) is 0 Å². The van der Waals surface area contributed by atoms with E-state index in [4.69, 9.17) is 0 Å². The largest absolute Gasteiger partial charge is 0.550 e. The zero-order chi connectivity index (χ0) is 8.43. The van der Waals surface area contributed by atoms with Crippen LogP contribution in [0.15, 0.2) is 0 Å². The molecule has 0 aromatic rings. The molecule has 0 bridgehead atoms. The number of carbonyl (C=O) groups excluding carboxylic acids is 2. The third kappa shape index (κ3) is 1.50. The SMILES string of the molecule is CCN1C[C@H](C(=O)[O-])CC1=O. The predicted molar refractivity (Wildman–Crippen MR) is 35.4 cm³/mol. The molecule has 4 nitrogen and oxygen atoms in total. The van der Waals surface area contributed by atoms with Gasteiger partial charge in [-0.1, -0.05) is 0 Å². The van der Waals surface area contributed by atoms with Gasteiger partial charge in [-0.15, -0.1) is 0 Å². The Morgan fingerprint density at radius 3 is 2.73 bits per heavy atom. The molecule has 1 aliphatic rings. The van der Waals surface area contributed by atoms with Crippen LogP contribution in [0, 0.1) is 5.92 Å².